The number of hydrogen-bond acceptors (Lipinski definition) is 4. The highest BCUT2D eigenvalue weighted by atomic mass is 32.2. The van der Waals surface area contributed by atoms with E-state index in [0.29, 0.717) is 11.3 Å². The van der Waals surface area contributed by atoms with Crippen LogP contribution in [0.15, 0.2) is 47.6 Å². The van der Waals surface area contributed by atoms with Gasteiger partial charge in [-0.1, -0.05) is 6.07 Å². The molecule has 114 valence electrons. The minimum absolute atomic E-state index is 0.117. The Kier molecular flexibility index (Phi) is 3.67. The molecule has 0 radical (unpaired) electrons. The zero-order chi connectivity index (χ0) is 15.7. The van der Waals surface area contributed by atoms with Gasteiger partial charge in [-0.05, 0) is 35.4 Å². The third kappa shape index (κ3) is 2.72. The summed E-state index contributed by atoms with van der Waals surface area (Å²) in [6, 6.07) is 8.29. The minimum Gasteiger partial charge on any atom is -0.326 e. The summed E-state index contributed by atoms with van der Waals surface area (Å²) in [6.07, 6.45) is 3.49. The van der Waals surface area contributed by atoms with Crippen LogP contribution in [-0.4, -0.2) is 30.7 Å². The molecule has 1 aromatic carbocycles. The number of amides is 1. The number of carbonyl (C=O) groups excluding carboxylic acids is 1. The SMILES string of the molecule is CN(Cc1cccnc1)S(=O)(=O)c1ccc2c(c1)CC(=O)N2. The molecule has 0 saturated heterocycles. The molecule has 0 unspecified atom stereocenters. The molecule has 22 heavy (non-hydrogen) atoms. The van der Waals surface area contributed by atoms with Gasteiger partial charge in [-0.3, -0.25) is 9.78 Å². The van der Waals surface area contributed by atoms with E-state index in [0.717, 1.165) is 5.56 Å². The lowest BCUT2D eigenvalue weighted by atomic mass is 10.2. The maximum Gasteiger partial charge on any atom is 0.243 e. The summed E-state index contributed by atoms with van der Waals surface area (Å²) in [6.45, 7) is 0.241. The van der Waals surface area contributed by atoms with Gasteiger partial charge >= 0.3 is 0 Å². The number of pyridine rings is 1. The number of sulfonamides is 1. The second-order valence-corrected chi connectivity index (χ2v) is 7.21. The van der Waals surface area contributed by atoms with Crippen molar-refractivity contribution in [2.45, 2.75) is 17.9 Å². The van der Waals surface area contributed by atoms with Crippen LogP contribution in [0.5, 0.6) is 0 Å². The summed E-state index contributed by atoms with van der Waals surface area (Å²) in [7, 11) is -2.08. The van der Waals surface area contributed by atoms with Gasteiger partial charge in [-0.15, -0.1) is 0 Å². The predicted octanol–water partition coefficient (Wildman–Crippen LogP) is 1.40. The molecule has 2 aromatic rings. The fourth-order valence-electron chi connectivity index (χ4n) is 2.38. The zero-order valence-electron chi connectivity index (χ0n) is 12.0. The van der Waals surface area contributed by atoms with Gasteiger partial charge in [0.05, 0.1) is 11.3 Å². The van der Waals surface area contributed by atoms with Crippen molar-refractivity contribution in [3.63, 3.8) is 0 Å². The number of rotatable bonds is 4. The smallest absolute Gasteiger partial charge is 0.243 e. The Morgan fingerprint density at radius 1 is 1.32 bits per heavy atom. The summed E-state index contributed by atoms with van der Waals surface area (Å²) < 4.78 is 26.5. The third-order valence-electron chi connectivity index (χ3n) is 3.54. The largest absolute Gasteiger partial charge is 0.326 e. The average Bonchev–Trinajstić information content (AvgIpc) is 2.87. The van der Waals surface area contributed by atoms with Gasteiger partial charge in [0.15, 0.2) is 0 Å². The lowest BCUT2D eigenvalue weighted by Gasteiger charge is -2.17. The maximum atomic E-state index is 12.6. The number of aromatic nitrogens is 1. The number of benzene rings is 1. The number of anilines is 1. The highest BCUT2D eigenvalue weighted by Crippen LogP contribution is 2.27. The molecular formula is C15H15N3O3S. The highest BCUT2D eigenvalue weighted by molar-refractivity contribution is 7.89. The summed E-state index contributed by atoms with van der Waals surface area (Å²) in [5.41, 5.74) is 2.20. The van der Waals surface area contributed by atoms with Crippen LogP contribution in [0.2, 0.25) is 0 Å². The Labute approximate surface area is 128 Å². The minimum atomic E-state index is -3.61. The normalized spacial score (nSPS) is 14.0. The summed E-state index contributed by atoms with van der Waals surface area (Å²) in [5.74, 6) is -0.117. The number of carbonyl (C=O) groups is 1. The molecule has 1 N–H and O–H groups in total. The van der Waals surface area contributed by atoms with E-state index in [1.165, 1.54) is 17.4 Å². The van der Waals surface area contributed by atoms with Crippen molar-refractivity contribution >= 4 is 21.6 Å². The van der Waals surface area contributed by atoms with Gasteiger partial charge in [0.25, 0.3) is 0 Å². The van der Waals surface area contributed by atoms with Crippen LogP contribution in [0.1, 0.15) is 11.1 Å². The molecule has 6 nitrogen and oxygen atoms in total. The number of nitrogens with zero attached hydrogens (tertiary/aromatic N) is 2. The first-order valence-corrected chi connectivity index (χ1v) is 8.19. The molecule has 0 fully saturated rings. The molecular weight excluding hydrogens is 302 g/mol. The summed E-state index contributed by atoms with van der Waals surface area (Å²) in [5, 5.41) is 2.69. The monoisotopic (exact) mass is 317 g/mol. The Bertz CT molecular complexity index is 819. The van der Waals surface area contributed by atoms with Gasteiger partial charge in [0.2, 0.25) is 15.9 Å². The van der Waals surface area contributed by atoms with Crippen molar-refractivity contribution in [2.75, 3.05) is 12.4 Å². The van der Waals surface area contributed by atoms with Crippen LogP contribution in [0.4, 0.5) is 5.69 Å². The topological polar surface area (TPSA) is 79.4 Å². The molecule has 1 aliphatic rings. The standard InChI is InChI=1S/C15H15N3O3S/c1-18(10-11-3-2-6-16-9-11)22(20,21)13-4-5-14-12(7-13)8-15(19)17-14/h2-7,9H,8,10H2,1H3,(H,17,19). The average molecular weight is 317 g/mol. The number of fused-ring (bicyclic) bond motifs is 1. The molecule has 0 aliphatic carbocycles. The van der Waals surface area contributed by atoms with E-state index in [1.807, 2.05) is 6.07 Å². The van der Waals surface area contributed by atoms with E-state index in [-0.39, 0.29) is 23.8 Å². The maximum absolute atomic E-state index is 12.6. The van der Waals surface area contributed by atoms with E-state index in [2.05, 4.69) is 10.3 Å². The highest BCUT2D eigenvalue weighted by Gasteiger charge is 2.25. The van der Waals surface area contributed by atoms with Gasteiger partial charge in [-0.25, -0.2) is 8.42 Å². The molecule has 3 rings (SSSR count). The van der Waals surface area contributed by atoms with Crippen molar-refractivity contribution < 1.29 is 13.2 Å². The van der Waals surface area contributed by atoms with Crippen LogP contribution >= 0.6 is 0 Å². The Morgan fingerprint density at radius 3 is 2.86 bits per heavy atom. The molecule has 7 heteroatoms. The summed E-state index contributed by atoms with van der Waals surface area (Å²) >= 11 is 0. The second kappa shape index (κ2) is 5.51. The van der Waals surface area contributed by atoms with Gasteiger partial charge in [-0.2, -0.15) is 4.31 Å². The van der Waals surface area contributed by atoms with E-state index in [1.54, 1.807) is 30.6 Å². The van der Waals surface area contributed by atoms with Crippen molar-refractivity contribution in [1.82, 2.24) is 9.29 Å². The fraction of sp³-hybridized carbons (Fsp3) is 0.200. The molecule has 1 aromatic heterocycles. The van der Waals surface area contributed by atoms with Crippen LogP contribution in [0.25, 0.3) is 0 Å². The van der Waals surface area contributed by atoms with Crippen molar-refractivity contribution in [1.29, 1.82) is 0 Å². The zero-order valence-corrected chi connectivity index (χ0v) is 12.8. The molecule has 0 spiro atoms. The van der Waals surface area contributed by atoms with Crippen molar-refractivity contribution in [3.05, 3.63) is 53.9 Å². The quantitative estimate of drug-likeness (QED) is 0.924. The molecule has 2 heterocycles. The predicted molar refractivity (Wildman–Crippen MR) is 81.7 cm³/mol. The van der Waals surface area contributed by atoms with E-state index in [9.17, 15) is 13.2 Å². The van der Waals surface area contributed by atoms with Gasteiger partial charge in [0.1, 0.15) is 0 Å². The van der Waals surface area contributed by atoms with Crippen LogP contribution in [0, 0.1) is 0 Å². The molecule has 0 atom stereocenters. The third-order valence-corrected chi connectivity index (χ3v) is 5.34. The van der Waals surface area contributed by atoms with E-state index < -0.39 is 10.0 Å². The first-order chi connectivity index (χ1) is 10.5. The lowest BCUT2D eigenvalue weighted by Crippen LogP contribution is -2.26. The molecule has 0 bridgehead atoms. The Hall–Kier alpha value is -2.25. The Balaban J connectivity index is 1.87. The second-order valence-electron chi connectivity index (χ2n) is 5.17. The molecule has 1 aliphatic heterocycles. The summed E-state index contributed by atoms with van der Waals surface area (Å²) in [4.78, 5) is 15.5. The van der Waals surface area contributed by atoms with Gasteiger partial charge < -0.3 is 5.32 Å². The Morgan fingerprint density at radius 2 is 2.14 bits per heavy atom. The van der Waals surface area contributed by atoms with Crippen LogP contribution in [-0.2, 0) is 27.8 Å². The first kappa shape index (κ1) is 14.7. The molecule has 0 saturated carbocycles. The number of hydrogen-bond donors (Lipinski definition) is 1. The van der Waals surface area contributed by atoms with Gasteiger partial charge in [0, 0.05) is 31.7 Å². The van der Waals surface area contributed by atoms with Crippen LogP contribution in [0.3, 0.4) is 0 Å². The van der Waals surface area contributed by atoms with E-state index >= 15 is 0 Å². The first-order valence-electron chi connectivity index (χ1n) is 6.75. The van der Waals surface area contributed by atoms with Crippen molar-refractivity contribution in [2.24, 2.45) is 0 Å². The lowest BCUT2D eigenvalue weighted by molar-refractivity contribution is -0.115. The van der Waals surface area contributed by atoms with Crippen molar-refractivity contribution in [3.8, 4) is 0 Å². The molecule has 1 amide bonds. The van der Waals surface area contributed by atoms with Crippen LogP contribution < -0.4 is 5.32 Å². The fourth-order valence-corrected chi connectivity index (χ4v) is 3.59. The van der Waals surface area contributed by atoms with E-state index in [4.69, 9.17) is 0 Å². The number of nitrogens with one attached hydrogen (secondary N) is 1.